The molecule has 42 heavy (non-hydrogen) atoms. The van der Waals surface area contributed by atoms with E-state index in [1.54, 1.807) is 30.7 Å². The number of nitrogen functional groups attached to an aromatic ring is 1. The molecule has 0 bridgehead atoms. The minimum absolute atomic E-state index is 0.0524. The first kappa shape index (κ1) is 28.9. The minimum Gasteiger partial charge on any atom is -0.481 e. The molecule has 0 radical (unpaired) electrons. The van der Waals surface area contributed by atoms with Crippen molar-refractivity contribution in [3.8, 4) is 0 Å². The summed E-state index contributed by atoms with van der Waals surface area (Å²) < 4.78 is 0. The van der Waals surface area contributed by atoms with E-state index >= 15 is 0 Å². The maximum atomic E-state index is 12.3. The van der Waals surface area contributed by atoms with Crippen molar-refractivity contribution < 1.29 is 24.6 Å². The van der Waals surface area contributed by atoms with E-state index in [1.807, 2.05) is 0 Å². The fourth-order valence-electron chi connectivity index (χ4n) is 3.49. The number of amides is 1. The van der Waals surface area contributed by atoms with Crippen LogP contribution in [0.1, 0.15) is 28.9 Å². The number of rotatable bonds is 9. The SMILES string of the molecule is Nc1nc(=O)c2nc(CNc3ccc(C(=O)N[C@@H](CCC(=O)O)C(=O)O)cc3)cnc2[nH]1.c1cnc2ncncc2n1. The van der Waals surface area contributed by atoms with E-state index in [9.17, 15) is 19.2 Å². The fourth-order valence-corrected chi connectivity index (χ4v) is 3.49. The number of aromatic amines is 1. The Kier molecular flexibility index (Phi) is 9.13. The van der Waals surface area contributed by atoms with Gasteiger partial charge in [-0.1, -0.05) is 0 Å². The second-order valence-corrected chi connectivity index (χ2v) is 8.50. The molecule has 0 saturated carbocycles. The van der Waals surface area contributed by atoms with Gasteiger partial charge in [0.1, 0.15) is 17.9 Å². The van der Waals surface area contributed by atoms with Crippen molar-refractivity contribution in [2.24, 2.45) is 0 Å². The van der Waals surface area contributed by atoms with Crippen LogP contribution >= 0.6 is 0 Å². The highest BCUT2D eigenvalue weighted by Gasteiger charge is 2.21. The Hall–Kier alpha value is -6.13. The molecule has 1 atom stereocenters. The molecule has 7 N–H and O–H groups in total. The van der Waals surface area contributed by atoms with Crippen molar-refractivity contribution in [3.63, 3.8) is 0 Å². The van der Waals surface area contributed by atoms with Gasteiger partial charge >= 0.3 is 17.5 Å². The van der Waals surface area contributed by atoms with E-state index in [0.29, 0.717) is 17.0 Å². The van der Waals surface area contributed by atoms with E-state index in [2.05, 4.69) is 50.5 Å². The predicted molar refractivity (Wildman–Crippen MR) is 147 cm³/mol. The van der Waals surface area contributed by atoms with Crippen LogP contribution in [0.5, 0.6) is 0 Å². The van der Waals surface area contributed by atoms with Gasteiger partial charge in [0.25, 0.3) is 5.91 Å². The zero-order valence-corrected chi connectivity index (χ0v) is 21.6. The zero-order chi connectivity index (χ0) is 30.1. The molecule has 0 aliphatic heterocycles. The summed E-state index contributed by atoms with van der Waals surface area (Å²) in [5.74, 6) is -3.16. The average molecular weight is 574 g/mol. The molecule has 0 fully saturated rings. The van der Waals surface area contributed by atoms with Gasteiger partial charge in [0.05, 0.1) is 24.6 Å². The third-order valence-corrected chi connectivity index (χ3v) is 5.51. The van der Waals surface area contributed by atoms with E-state index in [-0.39, 0.29) is 42.1 Å². The van der Waals surface area contributed by atoms with Crippen LogP contribution in [0.2, 0.25) is 0 Å². The number of aliphatic carboxylic acids is 2. The number of carbonyl (C=O) groups is 3. The number of fused-ring (bicyclic) bond motifs is 2. The predicted octanol–water partition coefficient (Wildman–Crippen LogP) is 0.375. The van der Waals surface area contributed by atoms with Crippen molar-refractivity contribution in [1.82, 2.24) is 45.2 Å². The highest BCUT2D eigenvalue weighted by Crippen LogP contribution is 2.12. The summed E-state index contributed by atoms with van der Waals surface area (Å²) in [6.07, 6.45) is 7.17. The first-order valence-electron chi connectivity index (χ1n) is 12.2. The van der Waals surface area contributed by atoms with Gasteiger partial charge in [-0.3, -0.25) is 14.4 Å². The van der Waals surface area contributed by atoms with E-state index in [0.717, 1.165) is 5.52 Å². The summed E-state index contributed by atoms with van der Waals surface area (Å²) in [7, 11) is 0. The summed E-state index contributed by atoms with van der Waals surface area (Å²) in [5, 5.41) is 23.2. The van der Waals surface area contributed by atoms with Gasteiger partial charge in [0, 0.05) is 30.1 Å². The van der Waals surface area contributed by atoms with Crippen LogP contribution in [0.25, 0.3) is 22.3 Å². The number of H-pyrrole nitrogens is 1. The lowest BCUT2D eigenvalue weighted by Crippen LogP contribution is -2.41. The number of aromatic nitrogens is 8. The van der Waals surface area contributed by atoms with Crippen LogP contribution < -0.4 is 21.9 Å². The molecule has 214 valence electrons. The summed E-state index contributed by atoms with van der Waals surface area (Å²) in [4.78, 5) is 76.2. The first-order chi connectivity index (χ1) is 20.2. The molecule has 1 aromatic carbocycles. The topological polar surface area (TPSA) is 265 Å². The van der Waals surface area contributed by atoms with Gasteiger partial charge in [0.2, 0.25) is 5.95 Å². The number of nitrogens with two attached hydrogens (primary N) is 1. The summed E-state index contributed by atoms with van der Waals surface area (Å²) in [5.41, 5.74) is 7.84. The number of hydrogen-bond donors (Lipinski definition) is 6. The maximum absolute atomic E-state index is 12.3. The Morgan fingerprint density at radius 1 is 0.976 bits per heavy atom. The Bertz CT molecular complexity index is 1730. The van der Waals surface area contributed by atoms with Gasteiger partial charge in [0.15, 0.2) is 16.8 Å². The molecule has 4 heterocycles. The maximum Gasteiger partial charge on any atom is 0.326 e. The van der Waals surface area contributed by atoms with Crippen molar-refractivity contribution in [3.05, 3.63) is 77.0 Å². The van der Waals surface area contributed by atoms with Crippen LogP contribution in [0.3, 0.4) is 0 Å². The lowest BCUT2D eigenvalue weighted by Gasteiger charge is -2.14. The highest BCUT2D eigenvalue weighted by molar-refractivity contribution is 5.97. The fraction of sp³-hybridized carbons (Fsp3) is 0.160. The van der Waals surface area contributed by atoms with Crippen LogP contribution in [0.15, 0.2) is 60.2 Å². The first-order valence-corrected chi connectivity index (χ1v) is 12.2. The zero-order valence-electron chi connectivity index (χ0n) is 21.6. The van der Waals surface area contributed by atoms with E-state index in [1.165, 1.54) is 24.7 Å². The summed E-state index contributed by atoms with van der Waals surface area (Å²) >= 11 is 0. The van der Waals surface area contributed by atoms with Crippen LogP contribution in [0.4, 0.5) is 11.6 Å². The van der Waals surface area contributed by atoms with Crippen LogP contribution in [0, 0.1) is 0 Å². The van der Waals surface area contributed by atoms with Crippen molar-refractivity contribution in [1.29, 1.82) is 0 Å². The Morgan fingerprint density at radius 2 is 1.74 bits per heavy atom. The molecule has 0 spiro atoms. The minimum atomic E-state index is -1.31. The molecule has 0 aliphatic carbocycles. The molecule has 17 heteroatoms. The number of nitrogens with one attached hydrogen (secondary N) is 3. The smallest absolute Gasteiger partial charge is 0.326 e. The monoisotopic (exact) mass is 573 g/mol. The van der Waals surface area contributed by atoms with Gasteiger partial charge in [-0.15, -0.1) is 0 Å². The third kappa shape index (κ3) is 7.72. The molecule has 5 rings (SSSR count). The number of benzene rings is 1. The average Bonchev–Trinajstić information content (AvgIpc) is 2.98. The summed E-state index contributed by atoms with van der Waals surface area (Å²) in [6.45, 7) is 0.231. The molecule has 0 saturated heterocycles. The molecule has 0 unspecified atom stereocenters. The van der Waals surface area contributed by atoms with Gasteiger partial charge in [-0.2, -0.15) is 4.98 Å². The van der Waals surface area contributed by atoms with Crippen molar-refractivity contribution in [2.75, 3.05) is 11.1 Å². The number of carbonyl (C=O) groups excluding carboxylic acids is 1. The second kappa shape index (κ2) is 13.3. The summed E-state index contributed by atoms with van der Waals surface area (Å²) in [6, 6.07) is 4.86. The third-order valence-electron chi connectivity index (χ3n) is 5.51. The molecule has 1 amide bonds. The standard InChI is InChI=1S/C19H19N7O6.C6H4N4/c20-19-25-15-14(17(30)26-19)23-11(8-22-15)7-21-10-3-1-9(2-4-10)16(29)24-12(18(31)32)5-6-13(27)28;1-2-9-6-5(8-1)3-7-4-10-6/h1-4,8,12,21H,5-7H2,(H,24,29)(H,27,28)(H,31,32)(H3,20,22,25,26,30);1-4H/t12-;/m0./s1. The lowest BCUT2D eigenvalue weighted by molar-refractivity contribution is -0.140. The number of carboxylic acids is 2. The number of carboxylic acid groups (broad SMARTS) is 2. The molecule has 17 nitrogen and oxygen atoms in total. The van der Waals surface area contributed by atoms with Crippen molar-refractivity contribution in [2.45, 2.75) is 25.4 Å². The molecule has 5 aromatic rings. The highest BCUT2D eigenvalue weighted by atomic mass is 16.4. The second-order valence-electron chi connectivity index (χ2n) is 8.50. The van der Waals surface area contributed by atoms with Crippen LogP contribution in [-0.4, -0.2) is 74.0 Å². The molecule has 4 aromatic heterocycles. The largest absolute Gasteiger partial charge is 0.481 e. The Balaban J connectivity index is 0.000000337. The van der Waals surface area contributed by atoms with E-state index in [4.69, 9.17) is 15.9 Å². The van der Waals surface area contributed by atoms with Gasteiger partial charge in [-0.05, 0) is 30.7 Å². The Labute approximate surface area is 235 Å². The van der Waals surface area contributed by atoms with Crippen molar-refractivity contribution >= 4 is 51.8 Å². The quantitative estimate of drug-likeness (QED) is 0.139. The van der Waals surface area contributed by atoms with E-state index < -0.39 is 29.4 Å². The molecular weight excluding hydrogens is 550 g/mol. The number of anilines is 2. The number of nitrogens with zero attached hydrogens (tertiary/aromatic N) is 7. The number of hydrogen-bond acceptors (Lipinski definition) is 13. The lowest BCUT2D eigenvalue weighted by atomic mass is 10.1. The van der Waals surface area contributed by atoms with Crippen LogP contribution in [-0.2, 0) is 16.1 Å². The Morgan fingerprint density at radius 3 is 2.45 bits per heavy atom. The van der Waals surface area contributed by atoms with Gasteiger partial charge < -0.3 is 31.6 Å². The molecular formula is C25H23N11O6. The normalized spacial score (nSPS) is 11.2. The van der Waals surface area contributed by atoms with Gasteiger partial charge in [-0.25, -0.2) is 34.7 Å². The molecule has 0 aliphatic rings.